The van der Waals surface area contributed by atoms with E-state index in [1.807, 2.05) is 35.1 Å². The molecule has 278 valence electrons. The summed E-state index contributed by atoms with van der Waals surface area (Å²) in [5.41, 5.74) is 12.0. The predicted molar refractivity (Wildman–Crippen MR) is 255 cm³/mol. The van der Waals surface area contributed by atoms with Gasteiger partial charge >= 0.3 is 0 Å². The van der Waals surface area contributed by atoms with E-state index in [4.69, 9.17) is 19.9 Å². The Morgan fingerprint density at radius 3 is 1.25 bits per heavy atom. The second-order valence-electron chi connectivity index (χ2n) is 15.5. The third-order valence-electron chi connectivity index (χ3n) is 11.9. The molecule has 0 saturated carbocycles. The maximum atomic E-state index is 5.21. The number of aromatic nitrogens is 4. The molecule has 0 aliphatic rings. The van der Waals surface area contributed by atoms with Crippen LogP contribution in [0.4, 0.5) is 0 Å². The van der Waals surface area contributed by atoms with Gasteiger partial charge < -0.3 is 0 Å². The van der Waals surface area contributed by atoms with Gasteiger partial charge in [-0.15, -0.1) is 22.7 Å². The van der Waals surface area contributed by atoms with Crippen molar-refractivity contribution in [2.24, 2.45) is 0 Å². The van der Waals surface area contributed by atoms with Crippen LogP contribution in [0.2, 0.25) is 0 Å². The molecule has 0 atom stereocenters. The van der Waals surface area contributed by atoms with Crippen LogP contribution in [-0.2, 0) is 0 Å². The quantitative estimate of drug-likeness (QED) is 0.166. The molecule has 60 heavy (non-hydrogen) atoms. The number of hydrogen-bond donors (Lipinski definition) is 0. The van der Waals surface area contributed by atoms with E-state index in [1.165, 1.54) is 40.3 Å². The Morgan fingerprint density at radius 1 is 0.283 bits per heavy atom. The first-order valence-electron chi connectivity index (χ1n) is 20.0. The fraction of sp³-hybridized carbons (Fsp3) is 0. The molecule has 6 aromatic heterocycles. The van der Waals surface area contributed by atoms with Crippen molar-refractivity contribution in [3.8, 4) is 44.8 Å². The molecule has 6 heteroatoms. The van der Waals surface area contributed by atoms with E-state index in [9.17, 15) is 0 Å². The number of thiophene rings is 2. The molecule has 13 aromatic rings. The summed E-state index contributed by atoms with van der Waals surface area (Å²) in [4.78, 5) is 20.5. The van der Waals surface area contributed by atoms with Gasteiger partial charge in [-0.25, -0.2) is 9.97 Å². The van der Waals surface area contributed by atoms with Gasteiger partial charge in [0, 0.05) is 96.5 Å². The van der Waals surface area contributed by atoms with E-state index in [1.54, 1.807) is 0 Å². The van der Waals surface area contributed by atoms with Crippen LogP contribution in [0.5, 0.6) is 0 Å². The average molecular weight is 799 g/mol. The number of nitrogens with zero attached hydrogens (tertiary/aromatic N) is 4. The molecule has 4 nitrogen and oxygen atoms in total. The predicted octanol–water partition coefficient (Wildman–Crippen LogP) is 15.3. The highest BCUT2D eigenvalue weighted by molar-refractivity contribution is 7.26. The summed E-state index contributed by atoms with van der Waals surface area (Å²) >= 11 is 3.67. The second-order valence-corrected chi connectivity index (χ2v) is 17.6. The summed E-state index contributed by atoms with van der Waals surface area (Å²) in [5, 5.41) is 9.40. The minimum atomic E-state index is 0.902. The van der Waals surface area contributed by atoms with Crippen LogP contribution in [0.15, 0.2) is 182 Å². The van der Waals surface area contributed by atoms with Crippen molar-refractivity contribution in [2.45, 2.75) is 0 Å². The Hall–Kier alpha value is -7.38. The van der Waals surface area contributed by atoms with E-state index < -0.39 is 0 Å². The number of rotatable bonds is 4. The summed E-state index contributed by atoms with van der Waals surface area (Å²) < 4.78 is 5.19. The van der Waals surface area contributed by atoms with Gasteiger partial charge in [0.05, 0.1) is 33.5 Å². The van der Waals surface area contributed by atoms with Crippen molar-refractivity contribution >= 4 is 107 Å². The Labute approximate surface area is 351 Å². The van der Waals surface area contributed by atoms with E-state index >= 15 is 0 Å². The first kappa shape index (κ1) is 33.6. The standard InChI is InChI=1S/C54H30N4S2/c1-3-10-47-41(8-1)43-27-35(18-22-49(43)59-47)45-20-16-31-12-14-37-25-39(29-55-51(37)53(31)57-45)33-6-5-7-34(24-33)40-26-38-15-13-32-17-21-46(58-54(32)52(38)56-30-40)36-19-23-50-44(28-36)42-9-2-4-11-48(42)60-50/h1-30H. The van der Waals surface area contributed by atoms with Crippen LogP contribution in [0, 0.1) is 0 Å². The molecule has 0 radical (unpaired) electrons. The first-order valence-corrected chi connectivity index (χ1v) is 21.6. The maximum absolute atomic E-state index is 5.21. The minimum Gasteiger partial charge on any atom is -0.253 e. The van der Waals surface area contributed by atoms with Gasteiger partial charge in [0.2, 0.25) is 0 Å². The number of benzene rings is 7. The highest BCUT2D eigenvalue weighted by Gasteiger charge is 2.14. The van der Waals surface area contributed by atoms with Gasteiger partial charge in [0.25, 0.3) is 0 Å². The smallest absolute Gasteiger partial charge is 0.0972 e. The Morgan fingerprint density at radius 2 is 0.733 bits per heavy atom. The van der Waals surface area contributed by atoms with Crippen molar-refractivity contribution in [3.63, 3.8) is 0 Å². The lowest BCUT2D eigenvalue weighted by atomic mass is 9.98. The molecule has 0 aliphatic carbocycles. The first-order chi connectivity index (χ1) is 29.7. The van der Waals surface area contributed by atoms with Gasteiger partial charge in [0.1, 0.15) is 0 Å². The summed E-state index contributed by atoms with van der Waals surface area (Å²) in [5.74, 6) is 0. The molecule has 0 aliphatic heterocycles. The minimum absolute atomic E-state index is 0.902. The lowest BCUT2D eigenvalue weighted by molar-refractivity contribution is 1.37. The lowest BCUT2D eigenvalue weighted by Gasteiger charge is -2.10. The summed E-state index contributed by atoms with van der Waals surface area (Å²) in [6.45, 7) is 0. The zero-order valence-corrected chi connectivity index (χ0v) is 33.6. The Bertz CT molecular complexity index is 3670. The van der Waals surface area contributed by atoms with Crippen molar-refractivity contribution < 1.29 is 0 Å². The largest absolute Gasteiger partial charge is 0.253 e. The van der Waals surface area contributed by atoms with Gasteiger partial charge in [-0.3, -0.25) is 9.97 Å². The number of hydrogen-bond acceptors (Lipinski definition) is 6. The molecule has 0 amide bonds. The number of fused-ring (bicyclic) bond motifs is 12. The van der Waals surface area contributed by atoms with Crippen LogP contribution < -0.4 is 0 Å². The highest BCUT2D eigenvalue weighted by Crippen LogP contribution is 2.39. The zero-order valence-electron chi connectivity index (χ0n) is 31.9. The van der Waals surface area contributed by atoms with Crippen LogP contribution in [0.3, 0.4) is 0 Å². The van der Waals surface area contributed by atoms with Crippen molar-refractivity contribution in [1.29, 1.82) is 0 Å². The summed E-state index contributed by atoms with van der Waals surface area (Å²) in [6.07, 6.45) is 3.96. The van der Waals surface area contributed by atoms with E-state index in [0.29, 0.717) is 0 Å². The highest BCUT2D eigenvalue weighted by atomic mass is 32.1. The number of pyridine rings is 4. The van der Waals surface area contributed by atoms with Crippen LogP contribution in [0.25, 0.3) is 129 Å². The summed E-state index contributed by atoms with van der Waals surface area (Å²) in [6, 6.07) is 60.9. The summed E-state index contributed by atoms with van der Waals surface area (Å²) in [7, 11) is 0. The SMILES string of the molecule is c1cc(-c2cnc3c(ccc4ccc(-c5ccc6sc7ccccc7c6c5)nc43)c2)cc(-c2cnc3c(ccc4ccc(-c5ccc6sc7ccccc7c6c5)nc43)c2)c1. The van der Waals surface area contributed by atoms with E-state index in [-0.39, 0.29) is 0 Å². The molecule has 0 N–H and O–H groups in total. The van der Waals surface area contributed by atoms with Crippen molar-refractivity contribution in [1.82, 2.24) is 19.9 Å². The van der Waals surface area contributed by atoms with Gasteiger partial charge in [-0.2, -0.15) is 0 Å². The molecule has 7 aromatic carbocycles. The maximum Gasteiger partial charge on any atom is 0.0972 e. The topological polar surface area (TPSA) is 51.6 Å². The van der Waals surface area contributed by atoms with Gasteiger partial charge in [-0.1, -0.05) is 103 Å². The fourth-order valence-corrected chi connectivity index (χ4v) is 11.0. The van der Waals surface area contributed by atoms with Crippen molar-refractivity contribution in [3.05, 3.63) is 182 Å². The van der Waals surface area contributed by atoms with Gasteiger partial charge in [-0.05, 0) is 77.9 Å². The fourth-order valence-electron chi connectivity index (χ4n) is 8.85. The third kappa shape index (κ3) is 5.35. The molecular weight excluding hydrogens is 769 g/mol. The van der Waals surface area contributed by atoms with Crippen LogP contribution in [0.1, 0.15) is 0 Å². The molecule has 6 heterocycles. The van der Waals surface area contributed by atoms with E-state index in [2.05, 4.69) is 170 Å². The zero-order chi connectivity index (χ0) is 39.3. The molecule has 0 bridgehead atoms. The molecule has 0 saturated heterocycles. The van der Waals surface area contributed by atoms with Crippen LogP contribution in [-0.4, -0.2) is 19.9 Å². The third-order valence-corrected chi connectivity index (χ3v) is 14.2. The second kappa shape index (κ2) is 13.1. The monoisotopic (exact) mass is 798 g/mol. The lowest BCUT2D eigenvalue weighted by Crippen LogP contribution is -1.91. The Kier molecular flexibility index (Phi) is 7.31. The molecule has 0 unspecified atom stereocenters. The van der Waals surface area contributed by atoms with E-state index in [0.717, 1.165) is 88.4 Å². The normalized spacial score (nSPS) is 12.0. The molecular formula is C54H30N4S2. The molecule has 0 spiro atoms. The molecule has 0 fully saturated rings. The molecule has 13 rings (SSSR count). The van der Waals surface area contributed by atoms with Gasteiger partial charge in [0.15, 0.2) is 0 Å². The van der Waals surface area contributed by atoms with Crippen LogP contribution >= 0.6 is 22.7 Å². The average Bonchev–Trinajstić information content (AvgIpc) is 3.88. The Balaban J connectivity index is 0.838. The van der Waals surface area contributed by atoms with Crippen molar-refractivity contribution in [2.75, 3.05) is 0 Å².